The Kier molecular flexibility index (Phi) is 5.98. The van der Waals surface area contributed by atoms with Crippen LogP contribution in [0.5, 0.6) is 0 Å². The van der Waals surface area contributed by atoms with Crippen molar-refractivity contribution in [3.63, 3.8) is 0 Å². The van der Waals surface area contributed by atoms with Crippen molar-refractivity contribution in [3.05, 3.63) is 78.8 Å². The number of furan rings is 1. The Hall–Kier alpha value is -4.07. The van der Waals surface area contributed by atoms with E-state index in [9.17, 15) is 14.4 Å². The van der Waals surface area contributed by atoms with Gasteiger partial charge < -0.3 is 25.3 Å². The minimum absolute atomic E-state index is 0.0690. The molecular formula is C23H22N4O4. The Morgan fingerprint density at radius 2 is 1.52 bits per heavy atom. The van der Waals surface area contributed by atoms with E-state index >= 15 is 0 Å². The number of nitrogens with one attached hydrogen (secondary N) is 3. The number of amides is 4. The molecule has 0 aliphatic carbocycles. The van der Waals surface area contributed by atoms with Gasteiger partial charge in [0.2, 0.25) is 11.8 Å². The van der Waals surface area contributed by atoms with Gasteiger partial charge in [-0.25, -0.2) is 4.79 Å². The molecule has 4 amide bonds. The molecule has 0 radical (unpaired) electrons. The first-order chi connectivity index (χ1) is 15.1. The number of anilines is 3. The molecule has 1 aliphatic rings. The summed E-state index contributed by atoms with van der Waals surface area (Å²) in [6.07, 6.45) is 1.73. The summed E-state index contributed by atoms with van der Waals surface area (Å²) in [5.74, 6) is -0.0101. The molecular weight excluding hydrogens is 396 g/mol. The van der Waals surface area contributed by atoms with Gasteiger partial charge in [0.25, 0.3) is 0 Å². The minimum atomic E-state index is -0.420. The number of likely N-dealkylation sites (tertiary alicyclic amines) is 1. The van der Waals surface area contributed by atoms with Crippen LogP contribution >= 0.6 is 0 Å². The molecule has 158 valence electrons. The molecule has 0 unspecified atom stereocenters. The maximum atomic E-state index is 12.6. The van der Waals surface area contributed by atoms with E-state index in [1.807, 2.05) is 18.2 Å². The Labute approximate surface area is 179 Å². The zero-order valence-electron chi connectivity index (χ0n) is 16.7. The molecule has 0 spiro atoms. The number of para-hydroxylation sites is 1. The van der Waals surface area contributed by atoms with Gasteiger partial charge in [-0.05, 0) is 48.5 Å². The zero-order valence-corrected chi connectivity index (χ0v) is 16.7. The van der Waals surface area contributed by atoms with Crippen molar-refractivity contribution in [2.45, 2.75) is 13.0 Å². The zero-order chi connectivity index (χ0) is 21.6. The smallest absolute Gasteiger partial charge is 0.323 e. The van der Waals surface area contributed by atoms with Crippen molar-refractivity contribution in [1.29, 1.82) is 0 Å². The fourth-order valence-corrected chi connectivity index (χ4v) is 3.39. The van der Waals surface area contributed by atoms with Gasteiger partial charge in [0.15, 0.2) is 0 Å². The number of nitrogens with zero attached hydrogens (tertiary/aromatic N) is 1. The van der Waals surface area contributed by atoms with Crippen molar-refractivity contribution < 1.29 is 18.8 Å². The molecule has 0 bridgehead atoms. The highest BCUT2D eigenvalue weighted by Gasteiger charge is 2.34. The van der Waals surface area contributed by atoms with E-state index in [4.69, 9.17) is 4.42 Å². The Morgan fingerprint density at radius 1 is 0.871 bits per heavy atom. The standard InChI is InChI=1S/C23H22N4O4/c28-21-13-16(14-27(21)15-20-7-4-12-31-20)22(29)24-18-8-10-19(11-9-18)26-23(30)25-17-5-2-1-3-6-17/h1-12,16H,13-15H2,(H,24,29)(H2,25,26,30)/t16-/m0/s1. The predicted molar refractivity (Wildman–Crippen MR) is 116 cm³/mol. The van der Waals surface area contributed by atoms with Crippen LogP contribution in [0.15, 0.2) is 77.4 Å². The Balaban J connectivity index is 1.28. The molecule has 1 fully saturated rings. The number of rotatable bonds is 6. The first-order valence-electron chi connectivity index (χ1n) is 9.91. The number of carbonyl (C=O) groups excluding carboxylic acids is 3. The lowest BCUT2D eigenvalue weighted by Crippen LogP contribution is -2.27. The number of urea groups is 1. The normalized spacial score (nSPS) is 15.5. The van der Waals surface area contributed by atoms with E-state index in [1.54, 1.807) is 59.7 Å². The fourth-order valence-electron chi connectivity index (χ4n) is 3.39. The van der Waals surface area contributed by atoms with Crippen LogP contribution in [0.3, 0.4) is 0 Å². The summed E-state index contributed by atoms with van der Waals surface area (Å²) in [5.41, 5.74) is 1.87. The molecule has 31 heavy (non-hydrogen) atoms. The van der Waals surface area contributed by atoms with Gasteiger partial charge in [-0.1, -0.05) is 18.2 Å². The number of carbonyl (C=O) groups is 3. The quantitative estimate of drug-likeness (QED) is 0.565. The molecule has 8 heteroatoms. The number of hydrogen-bond donors (Lipinski definition) is 3. The Bertz CT molecular complexity index is 1050. The van der Waals surface area contributed by atoms with E-state index in [1.165, 1.54) is 0 Å². The summed E-state index contributed by atoms with van der Waals surface area (Å²) >= 11 is 0. The molecule has 2 aromatic carbocycles. The maximum Gasteiger partial charge on any atom is 0.323 e. The molecule has 3 aromatic rings. The second-order valence-electron chi connectivity index (χ2n) is 7.27. The van der Waals surface area contributed by atoms with Crippen LogP contribution in [0.25, 0.3) is 0 Å². The van der Waals surface area contributed by atoms with Crippen molar-refractivity contribution in [3.8, 4) is 0 Å². The van der Waals surface area contributed by atoms with Gasteiger partial charge in [0, 0.05) is 30.0 Å². The molecule has 0 saturated carbocycles. The summed E-state index contributed by atoms with van der Waals surface area (Å²) in [4.78, 5) is 38.5. The average Bonchev–Trinajstić information content (AvgIpc) is 3.40. The van der Waals surface area contributed by atoms with Gasteiger partial charge in [0.1, 0.15) is 5.76 Å². The van der Waals surface area contributed by atoms with Crippen molar-refractivity contribution >= 4 is 34.9 Å². The topological polar surface area (TPSA) is 104 Å². The molecule has 4 rings (SSSR count). The SMILES string of the molecule is O=C(Nc1ccccc1)Nc1ccc(NC(=O)[C@H]2CC(=O)N(Cc3ccco3)C2)cc1. The molecule has 8 nitrogen and oxygen atoms in total. The maximum absolute atomic E-state index is 12.6. The molecule has 1 aromatic heterocycles. The van der Waals surface area contributed by atoms with E-state index in [2.05, 4.69) is 16.0 Å². The van der Waals surface area contributed by atoms with Crippen LogP contribution in [0.2, 0.25) is 0 Å². The second kappa shape index (κ2) is 9.17. The van der Waals surface area contributed by atoms with Crippen LogP contribution in [-0.4, -0.2) is 29.3 Å². The first-order valence-corrected chi connectivity index (χ1v) is 9.91. The van der Waals surface area contributed by atoms with Gasteiger partial charge in [0.05, 0.1) is 18.7 Å². The highest BCUT2D eigenvalue weighted by atomic mass is 16.3. The lowest BCUT2D eigenvalue weighted by atomic mass is 10.1. The van der Waals surface area contributed by atoms with Gasteiger partial charge in [-0.15, -0.1) is 0 Å². The highest BCUT2D eigenvalue weighted by molar-refractivity contribution is 6.00. The number of hydrogen-bond acceptors (Lipinski definition) is 4. The predicted octanol–water partition coefficient (Wildman–Crippen LogP) is 3.91. The molecule has 1 saturated heterocycles. The van der Waals surface area contributed by atoms with E-state index in [0.29, 0.717) is 35.9 Å². The molecule has 1 atom stereocenters. The second-order valence-corrected chi connectivity index (χ2v) is 7.27. The highest BCUT2D eigenvalue weighted by Crippen LogP contribution is 2.23. The summed E-state index contributed by atoms with van der Waals surface area (Å²) in [7, 11) is 0. The molecule has 1 aliphatic heterocycles. The van der Waals surface area contributed by atoms with Crippen LogP contribution in [0, 0.1) is 5.92 Å². The van der Waals surface area contributed by atoms with Gasteiger partial charge in [-0.2, -0.15) is 0 Å². The lowest BCUT2D eigenvalue weighted by Gasteiger charge is -2.15. The average molecular weight is 418 g/mol. The first kappa shape index (κ1) is 20.2. The Morgan fingerprint density at radius 3 is 2.16 bits per heavy atom. The fraction of sp³-hybridized carbons (Fsp3) is 0.174. The van der Waals surface area contributed by atoms with E-state index in [-0.39, 0.29) is 24.3 Å². The van der Waals surface area contributed by atoms with Crippen LogP contribution in [0.1, 0.15) is 12.2 Å². The molecule has 3 N–H and O–H groups in total. The van der Waals surface area contributed by atoms with Crippen molar-refractivity contribution in [1.82, 2.24) is 4.90 Å². The van der Waals surface area contributed by atoms with Crippen LogP contribution in [-0.2, 0) is 16.1 Å². The third-order valence-electron chi connectivity index (χ3n) is 4.95. The minimum Gasteiger partial charge on any atom is -0.467 e. The van der Waals surface area contributed by atoms with Crippen molar-refractivity contribution in [2.75, 3.05) is 22.5 Å². The van der Waals surface area contributed by atoms with Crippen LogP contribution < -0.4 is 16.0 Å². The van der Waals surface area contributed by atoms with Gasteiger partial charge >= 0.3 is 6.03 Å². The largest absolute Gasteiger partial charge is 0.467 e. The van der Waals surface area contributed by atoms with Crippen LogP contribution in [0.4, 0.5) is 21.9 Å². The summed E-state index contributed by atoms with van der Waals surface area (Å²) in [6, 6.07) is 19.1. The number of benzene rings is 2. The third kappa shape index (κ3) is 5.30. The summed E-state index contributed by atoms with van der Waals surface area (Å²) in [5, 5.41) is 8.31. The van der Waals surface area contributed by atoms with E-state index in [0.717, 1.165) is 0 Å². The summed E-state index contributed by atoms with van der Waals surface area (Å²) < 4.78 is 5.28. The van der Waals surface area contributed by atoms with Crippen molar-refractivity contribution in [2.24, 2.45) is 5.92 Å². The monoisotopic (exact) mass is 418 g/mol. The lowest BCUT2D eigenvalue weighted by molar-refractivity contribution is -0.128. The van der Waals surface area contributed by atoms with Gasteiger partial charge in [-0.3, -0.25) is 9.59 Å². The van der Waals surface area contributed by atoms with E-state index < -0.39 is 5.92 Å². The molecule has 2 heterocycles. The third-order valence-corrected chi connectivity index (χ3v) is 4.95. The summed E-state index contributed by atoms with van der Waals surface area (Å²) in [6.45, 7) is 0.714.